The molecule has 3 aliphatic rings. The second kappa shape index (κ2) is 9.17. The molecule has 3 heterocycles. The summed E-state index contributed by atoms with van der Waals surface area (Å²) in [5, 5.41) is 7.49. The summed E-state index contributed by atoms with van der Waals surface area (Å²) in [7, 11) is 0. The van der Waals surface area contributed by atoms with Gasteiger partial charge in [-0.15, -0.1) is 11.3 Å². The fourth-order valence-electron chi connectivity index (χ4n) is 5.19. The first-order valence-corrected chi connectivity index (χ1v) is 13.5. The normalized spacial score (nSPS) is 19.7. The molecule has 0 bridgehead atoms. The van der Waals surface area contributed by atoms with Gasteiger partial charge in [-0.2, -0.15) is 5.10 Å². The molecule has 0 saturated heterocycles. The van der Waals surface area contributed by atoms with Gasteiger partial charge in [0.2, 0.25) is 0 Å². The van der Waals surface area contributed by atoms with Gasteiger partial charge in [0.25, 0.3) is 0 Å². The number of carbonyl (C=O) groups is 2. The third kappa shape index (κ3) is 4.76. The number of pyridine rings is 1. The van der Waals surface area contributed by atoms with Crippen LogP contribution in [0.25, 0.3) is 11.4 Å². The lowest BCUT2D eigenvalue weighted by atomic mass is 9.82. The molecular formula is C27H30N4O2S. The first-order chi connectivity index (χ1) is 16.6. The number of aromatic nitrogens is 4. The van der Waals surface area contributed by atoms with Crippen LogP contribution in [-0.2, 0) is 30.5 Å². The van der Waals surface area contributed by atoms with Crippen molar-refractivity contribution in [2.75, 3.05) is 0 Å². The summed E-state index contributed by atoms with van der Waals surface area (Å²) < 4.78 is 0. The van der Waals surface area contributed by atoms with E-state index in [4.69, 9.17) is 4.98 Å². The number of fused-ring (bicyclic) bond motifs is 1. The van der Waals surface area contributed by atoms with Gasteiger partial charge in [0.05, 0.1) is 0 Å². The van der Waals surface area contributed by atoms with Crippen LogP contribution in [0.1, 0.15) is 76.4 Å². The largest absolute Gasteiger partial charge is 0.299 e. The Balaban J connectivity index is 1.21. The molecule has 2 saturated carbocycles. The third-order valence-electron chi connectivity index (χ3n) is 7.49. The average molecular weight is 475 g/mol. The number of rotatable bonds is 10. The van der Waals surface area contributed by atoms with Crippen LogP contribution in [0.4, 0.5) is 0 Å². The predicted octanol–water partition coefficient (Wildman–Crippen LogP) is 5.17. The van der Waals surface area contributed by atoms with Crippen LogP contribution in [0.2, 0.25) is 0 Å². The number of hydrogen-bond donors (Lipinski definition) is 1. The van der Waals surface area contributed by atoms with Crippen LogP contribution in [0.5, 0.6) is 0 Å². The van der Waals surface area contributed by atoms with Crippen LogP contribution in [0, 0.1) is 17.8 Å². The summed E-state index contributed by atoms with van der Waals surface area (Å²) in [6.45, 7) is 0. The van der Waals surface area contributed by atoms with Gasteiger partial charge in [0.1, 0.15) is 11.6 Å². The van der Waals surface area contributed by atoms with Gasteiger partial charge < -0.3 is 0 Å². The predicted molar refractivity (Wildman–Crippen MR) is 131 cm³/mol. The van der Waals surface area contributed by atoms with E-state index in [2.05, 4.69) is 15.2 Å². The Kier molecular flexibility index (Phi) is 5.89. The second-order valence-corrected chi connectivity index (χ2v) is 11.5. The smallest absolute Gasteiger partial charge is 0.182 e. The average Bonchev–Trinajstić information content (AvgIpc) is 3.78. The molecule has 1 N–H and O–H groups in total. The lowest BCUT2D eigenvalue weighted by molar-refractivity contribution is -0.119. The van der Waals surface area contributed by atoms with Crippen LogP contribution in [0.3, 0.4) is 0 Å². The number of ketones is 2. The number of thiophene rings is 1. The Morgan fingerprint density at radius 1 is 1.12 bits per heavy atom. The summed E-state index contributed by atoms with van der Waals surface area (Å²) in [4.78, 5) is 37.2. The van der Waals surface area contributed by atoms with Crippen molar-refractivity contribution in [3.8, 4) is 11.4 Å². The summed E-state index contributed by atoms with van der Waals surface area (Å²) in [5.41, 5.74) is 3.04. The summed E-state index contributed by atoms with van der Waals surface area (Å²) in [6, 6.07) is 3.85. The maximum absolute atomic E-state index is 13.4. The highest BCUT2D eigenvalue weighted by Crippen LogP contribution is 2.41. The first-order valence-electron chi connectivity index (χ1n) is 12.6. The number of aryl methyl sites for hydroxylation is 1. The monoisotopic (exact) mass is 474 g/mol. The van der Waals surface area contributed by atoms with E-state index in [1.165, 1.54) is 23.3 Å². The zero-order chi connectivity index (χ0) is 23.1. The van der Waals surface area contributed by atoms with E-state index >= 15 is 0 Å². The third-order valence-corrected chi connectivity index (χ3v) is 8.78. The molecule has 6 rings (SSSR count). The van der Waals surface area contributed by atoms with Gasteiger partial charge in [0.15, 0.2) is 11.6 Å². The zero-order valence-electron chi connectivity index (χ0n) is 19.4. The van der Waals surface area contributed by atoms with Gasteiger partial charge in [-0.05, 0) is 68.1 Å². The molecule has 34 heavy (non-hydrogen) atoms. The SMILES string of the molecule is O=C(CCC1CC1)c1c(CC(=O)C2CC2)sc2c1CC(Cc1nc(-c3cccnc3)n[nH]1)CC2. The van der Waals surface area contributed by atoms with Crippen LogP contribution in [-0.4, -0.2) is 31.7 Å². The molecule has 2 fully saturated rings. The van der Waals surface area contributed by atoms with E-state index in [-0.39, 0.29) is 11.7 Å². The summed E-state index contributed by atoms with van der Waals surface area (Å²) in [5.74, 6) is 3.54. The molecule has 3 aliphatic carbocycles. The second-order valence-electron chi connectivity index (χ2n) is 10.3. The van der Waals surface area contributed by atoms with Crippen LogP contribution < -0.4 is 0 Å². The number of Topliss-reactive ketones (excluding diaryl/α,β-unsaturated/α-hetero) is 2. The van der Waals surface area contributed by atoms with Gasteiger partial charge in [0, 0.05) is 58.5 Å². The van der Waals surface area contributed by atoms with Crippen molar-refractivity contribution < 1.29 is 9.59 Å². The molecule has 0 spiro atoms. The highest BCUT2D eigenvalue weighted by Gasteiger charge is 2.34. The van der Waals surface area contributed by atoms with Crippen molar-refractivity contribution in [1.29, 1.82) is 0 Å². The standard InChI is InChI=1S/C27H30N4O2S/c32-21(9-5-16-3-4-16)26-20-12-17(6-10-23(20)34-24(26)14-22(33)18-7-8-18)13-25-29-27(31-30-25)19-2-1-11-28-15-19/h1-2,11,15-18H,3-10,12-14H2,(H,29,30,31). The molecule has 6 nitrogen and oxygen atoms in total. The van der Waals surface area contributed by atoms with Gasteiger partial charge in [-0.1, -0.05) is 12.8 Å². The van der Waals surface area contributed by atoms with E-state index in [0.29, 0.717) is 30.4 Å². The summed E-state index contributed by atoms with van der Waals surface area (Å²) in [6.07, 6.45) is 13.9. The number of nitrogens with zero attached hydrogens (tertiary/aromatic N) is 3. The van der Waals surface area contributed by atoms with Crippen molar-refractivity contribution >= 4 is 22.9 Å². The topological polar surface area (TPSA) is 88.6 Å². The molecular weight excluding hydrogens is 444 g/mol. The molecule has 7 heteroatoms. The Hall–Kier alpha value is -2.67. The van der Waals surface area contributed by atoms with Crippen molar-refractivity contribution in [3.63, 3.8) is 0 Å². The lowest BCUT2D eigenvalue weighted by Gasteiger charge is -2.22. The highest BCUT2D eigenvalue weighted by atomic mass is 32.1. The molecule has 0 aliphatic heterocycles. The van der Waals surface area contributed by atoms with E-state index in [9.17, 15) is 9.59 Å². The Bertz CT molecular complexity index is 1210. The van der Waals surface area contributed by atoms with Crippen LogP contribution in [0.15, 0.2) is 24.5 Å². The Morgan fingerprint density at radius 2 is 2.00 bits per heavy atom. The van der Waals surface area contributed by atoms with Gasteiger partial charge >= 0.3 is 0 Å². The Labute approximate surface area is 203 Å². The minimum atomic E-state index is 0.238. The highest BCUT2D eigenvalue weighted by molar-refractivity contribution is 7.12. The number of aromatic amines is 1. The Morgan fingerprint density at radius 3 is 2.76 bits per heavy atom. The molecule has 0 aromatic carbocycles. The number of nitrogens with one attached hydrogen (secondary N) is 1. The van der Waals surface area contributed by atoms with Crippen molar-refractivity contribution in [2.45, 2.75) is 70.6 Å². The number of H-pyrrole nitrogens is 1. The van der Waals surface area contributed by atoms with Crippen molar-refractivity contribution in [3.05, 3.63) is 51.2 Å². The quantitative estimate of drug-likeness (QED) is 0.410. The number of carbonyl (C=O) groups excluding carboxylic acids is 2. The lowest BCUT2D eigenvalue weighted by Crippen LogP contribution is -2.18. The summed E-state index contributed by atoms with van der Waals surface area (Å²) >= 11 is 1.74. The zero-order valence-corrected chi connectivity index (χ0v) is 20.2. The minimum absolute atomic E-state index is 0.238. The molecule has 3 aromatic rings. The molecule has 176 valence electrons. The fraction of sp³-hybridized carbons (Fsp3) is 0.519. The van der Waals surface area contributed by atoms with E-state index in [1.54, 1.807) is 23.7 Å². The molecule has 0 radical (unpaired) electrons. The van der Waals surface area contributed by atoms with E-state index < -0.39 is 0 Å². The van der Waals surface area contributed by atoms with Crippen LogP contribution >= 0.6 is 11.3 Å². The molecule has 3 aromatic heterocycles. The maximum atomic E-state index is 13.4. The van der Waals surface area contributed by atoms with Gasteiger partial charge in [-0.3, -0.25) is 19.7 Å². The number of hydrogen-bond acceptors (Lipinski definition) is 6. The minimum Gasteiger partial charge on any atom is -0.299 e. The fourth-order valence-corrected chi connectivity index (χ4v) is 6.57. The molecule has 1 atom stereocenters. The maximum Gasteiger partial charge on any atom is 0.182 e. The first kappa shape index (κ1) is 21.8. The van der Waals surface area contributed by atoms with E-state index in [1.807, 2.05) is 12.1 Å². The van der Waals surface area contributed by atoms with Gasteiger partial charge in [-0.25, -0.2) is 4.98 Å². The van der Waals surface area contributed by atoms with E-state index in [0.717, 1.165) is 72.7 Å². The molecule has 0 amide bonds. The van der Waals surface area contributed by atoms with Crippen molar-refractivity contribution in [1.82, 2.24) is 20.2 Å². The van der Waals surface area contributed by atoms with Crippen molar-refractivity contribution in [2.24, 2.45) is 17.8 Å². The molecule has 1 unspecified atom stereocenters.